The average Bonchev–Trinajstić information content (AvgIpc) is 2.30. The van der Waals surface area contributed by atoms with Crippen LogP contribution in [0.5, 0.6) is 0 Å². The molecule has 0 heterocycles. The van der Waals surface area contributed by atoms with Gasteiger partial charge in [-0.3, -0.25) is 4.42 Å². The van der Waals surface area contributed by atoms with Gasteiger partial charge < -0.3 is 5.73 Å². The van der Waals surface area contributed by atoms with Crippen molar-refractivity contribution in [3.8, 4) is 0 Å². The van der Waals surface area contributed by atoms with Gasteiger partial charge in [0.1, 0.15) is 0 Å². The Kier molecular flexibility index (Phi) is 2.79. The molecule has 0 aliphatic carbocycles. The van der Waals surface area contributed by atoms with Crippen molar-refractivity contribution in [3.63, 3.8) is 0 Å². The Hall–Kier alpha value is -1.67. The quantitative estimate of drug-likeness (QED) is 0.617. The summed E-state index contributed by atoms with van der Waals surface area (Å²) in [5.74, 6) is 0. The number of hydrogen-bond donors (Lipinski definition) is 1. The van der Waals surface area contributed by atoms with Crippen LogP contribution in [0.1, 0.15) is 0 Å². The third-order valence-corrected chi connectivity index (χ3v) is 2.51. The maximum atomic E-state index is 6.19. The molecule has 0 aliphatic heterocycles. The minimum Gasteiger partial charge on any atom is -0.397 e. The Labute approximate surface area is 94.0 Å². The highest BCUT2D eigenvalue weighted by molar-refractivity contribution is 6.30. The van der Waals surface area contributed by atoms with Crippen molar-refractivity contribution in [2.24, 2.45) is 0 Å². The van der Waals surface area contributed by atoms with Crippen LogP contribution in [-0.2, 0) is 0 Å². The summed E-state index contributed by atoms with van der Waals surface area (Å²) in [6.45, 7) is 0. The molecule has 0 fully saturated rings. The van der Waals surface area contributed by atoms with Gasteiger partial charge in [0.05, 0.1) is 17.1 Å². The smallest absolute Gasteiger partial charge is 0.0810 e. The molecular formula is C12H11ClN2. The fourth-order valence-electron chi connectivity index (χ4n) is 1.36. The molecule has 0 atom stereocenters. The molecule has 3 heteroatoms. The number of nitrogen functional groups attached to an aromatic ring is 1. The highest BCUT2D eigenvalue weighted by atomic mass is 35.5. The van der Waals surface area contributed by atoms with Crippen LogP contribution in [0.3, 0.4) is 0 Å². The molecule has 2 rings (SSSR count). The summed E-state index contributed by atoms with van der Waals surface area (Å²) in [5, 5.41) is 0. The Morgan fingerprint density at radius 2 is 1.47 bits per heavy atom. The highest BCUT2D eigenvalue weighted by Gasteiger charge is 2.07. The van der Waals surface area contributed by atoms with Crippen LogP contribution >= 0.6 is 11.8 Å². The molecule has 0 aromatic heterocycles. The van der Waals surface area contributed by atoms with Crippen LogP contribution in [0.15, 0.2) is 54.6 Å². The van der Waals surface area contributed by atoms with Crippen molar-refractivity contribution >= 4 is 28.8 Å². The fraction of sp³-hybridized carbons (Fsp3) is 0. The molecule has 2 aromatic carbocycles. The maximum Gasteiger partial charge on any atom is 0.0810 e. The van der Waals surface area contributed by atoms with Gasteiger partial charge >= 0.3 is 0 Å². The Morgan fingerprint density at radius 3 is 2.13 bits per heavy atom. The van der Waals surface area contributed by atoms with Crippen LogP contribution in [0.4, 0.5) is 17.1 Å². The largest absolute Gasteiger partial charge is 0.397 e. The molecule has 0 unspecified atom stereocenters. The van der Waals surface area contributed by atoms with E-state index in [0.717, 1.165) is 11.4 Å². The molecule has 15 heavy (non-hydrogen) atoms. The first-order valence-electron chi connectivity index (χ1n) is 4.64. The lowest BCUT2D eigenvalue weighted by Gasteiger charge is -2.17. The summed E-state index contributed by atoms with van der Waals surface area (Å²) in [6, 6.07) is 17.2. The Balaban J connectivity index is 2.37. The van der Waals surface area contributed by atoms with E-state index < -0.39 is 0 Å². The van der Waals surface area contributed by atoms with E-state index >= 15 is 0 Å². The lowest BCUT2D eigenvalue weighted by molar-refractivity contribution is 1.42. The van der Waals surface area contributed by atoms with E-state index in [0.29, 0.717) is 5.69 Å². The van der Waals surface area contributed by atoms with Gasteiger partial charge in [-0.2, -0.15) is 0 Å². The van der Waals surface area contributed by atoms with Crippen molar-refractivity contribution in [3.05, 3.63) is 54.6 Å². The van der Waals surface area contributed by atoms with Crippen molar-refractivity contribution in [1.29, 1.82) is 0 Å². The summed E-state index contributed by atoms with van der Waals surface area (Å²) < 4.78 is 1.55. The monoisotopic (exact) mass is 218 g/mol. The van der Waals surface area contributed by atoms with E-state index in [1.807, 2.05) is 54.6 Å². The van der Waals surface area contributed by atoms with Gasteiger partial charge in [0.2, 0.25) is 0 Å². The summed E-state index contributed by atoms with van der Waals surface area (Å²) in [6.07, 6.45) is 0. The Morgan fingerprint density at radius 1 is 0.867 bits per heavy atom. The average molecular weight is 219 g/mol. The van der Waals surface area contributed by atoms with Crippen molar-refractivity contribution < 1.29 is 0 Å². The predicted molar refractivity (Wildman–Crippen MR) is 65.3 cm³/mol. The zero-order chi connectivity index (χ0) is 10.7. The van der Waals surface area contributed by atoms with E-state index in [4.69, 9.17) is 17.5 Å². The molecule has 76 valence electrons. The molecule has 0 aliphatic rings. The lowest BCUT2D eigenvalue weighted by Crippen LogP contribution is -2.04. The zero-order valence-corrected chi connectivity index (χ0v) is 8.85. The van der Waals surface area contributed by atoms with Crippen LogP contribution in [0.2, 0.25) is 0 Å². The van der Waals surface area contributed by atoms with Gasteiger partial charge in [-0.25, -0.2) is 0 Å². The second-order valence-corrected chi connectivity index (χ2v) is 3.51. The molecule has 0 bridgehead atoms. The van der Waals surface area contributed by atoms with Gasteiger partial charge in [0.25, 0.3) is 0 Å². The minimum atomic E-state index is 0.663. The molecule has 0 radical (unpaired) electrons. The molecule has 2 N–H and O–H groups in total. The van der Waals surface area contributed by atoms with Gasteiger partial charge in [-0.05, 0) is 24.3 Å². The van der Waals surface area contributed by atoms with Gasteiger partial charge in [-0.1, -0.05) is 30.3 Å². The first-order chi connectivity index (χ1) is 7.29. The van der Waals surface area contributed by atoms with E-state index in [9.17, 15) is 0 Å². The molecule has 2 aromatic rings. The predicted octanol–water partition coefficient (Wildman–Crippen LogP) is 3.56. The summed E-state index contributed by atoms with van der Waals surface area (Å²) in [7, 11) is 0. The number of halogens is 1. The van der Waals surface area contributed by atoms with Crippen molar-refractivity contribution in [2.45, 2.75) is 0 Å². The summed E-state index contributed by atoms with van der Waals surface area (Å²) in [5.41, 5.74) is 8.19. The van der Waals surface area contributed by atoms with E-state index in [1.165, 1.54) is 0 Å². The van der Waals surface area contributed by atoms with Gasteiger partial charge in [-0.15, -0.1) is 0 Å². The number of rotatable bonds is 2. The number of para-hydroxylation sites is 3. The topological polar surface area (TPSA) is 29.3 Å². The SMILES string of the molecule is Nc1ccccc1N(Cl)c1ccccc1. The minimum absolute atomic E-state index is 0.663. The molecular weight excluding hydrogens is 208 g/mol. The number of nitrogens with two attached hydrogens (primary N) is 1. The lowest BCUT2D eigenvalue weighted by atomic mass is 10.2. The third-order valence-electron chi connectivity index (χ3n) is 2.13. The molecule has 0 saturated heterocycles. The highest BCUT2D eigenvalue weighted by Crippen LogP contribution is 2.31. The maximum absolute atomic E-state index is 6.19. The summed E-state index contributed by atoms with van der Waals surface area (Å²) >= 11 is 6.19. The molecule has 0 saturated carbocycles. The van der Waals surface area contributed by atoms with Crippen LogP contribution < -0.4 is 10.2 Å². The standard InChI is InChI=1S/C12H11ClN2/c13-15(10-6-2-1-3-7-10)12-9-5-4-8-11(12)14/h1-9H,14H2. The number of hydrogen-bond acceptors (Lipinski definition) is 2. The van der Waals surface area contributed by atoms with Gasteiger partial charge in [0, 0.05) is 11.8 Å². The Bertz CT molecular complexity index is 442. The second-order valence-electron chi connectivity index (χ2n) is 3.18. The normalized spacial score (nSPS) is 9.93. The number of anilines is 3. The zero-order valence-electron chi connectivity index (χ0n) is 8.10. The van der Waals surface area contributed by atoms with Crippen LogP contribution in [0, 0.1) is 0 Å². The van der Waals surface area contributed by atoms with Crippen LogP contribution in [-0.4, -0.2) is 0 Å². The van der Waals surface area contributed by atoms with Crippen molar-refractivity contribution in [2.75, 3.05) is 10.2 Å². The molecule has 0 amide bonds. The second kappa shape index (κ2) is 4.24. The van der Waals surface area contributed by atoms with Crippen molar-refractivity contribution in [1.82, 2.24) is 0 Å². The van der Waals surface area contributed by atoms with E-state index in [2.05, 4.69) is 0 Å². The fourth-order valence-corrected chi connectivity index (χ4v) is 1.63. The van der Waals surface area contributed by atoms with Gasteiger partial charge in [0.15, 0.2) is 0 Å². The first kappa shape index (κ1) is 9.87. The number of nitrogens with zero attached hydrogens (tertiary/aromatic N) is 1. The number of benzene rings is 2. The first-order valence-corrected chi connectivity index (χ1v) is 4.98. The van der Waals surface area contributed by atoms with E-state index in [-0.39, 0.29) is 0 Å². The molecule has 0 spiro atoms. The molecule has 2 nitrogen and oxygen atoms in total. The van der Waals surface area contributed by atoms with E-state index in [1.54, 1.807) is 4.42 Å². The summed E-state index contributed by atoms with van der Waals surface area (Å²) in [4.78, 5) is 0. The third kappa shape index (κ3) is 2.05. The van der Waals surface area contributed by atoms with Crippen LogP contribution in [0.25, 0.3) is 0 Å².